The van der Waals surface area contributed by atoms with Gasteiger partial charge in [0.05, 0.1) is 11.5 Å². The highest BCUT2D eigenvalue weighted by Crippen LogP contribution is 2.29. The van der Waals surface area contributed by atoms with Crippen LogP contribution in [0.25, 0.3) is 0 Å². The molecule has 0 saturated heterocycles. The van der Waals surface area contributed by atoms with Gasteiger partial charge in [0.25, 0.3) is 5.91 Å². The average Bonchev–Trinajstić information content (AvgIpc) is 2.45. The number of rotatable bonds is 4. The Morgan fingerprint density at radius 1 is 1.24 bits per heavy atom. The lowest BCUT2D eigenvalue weighted by atomic mass is 9.79. The van der Waals surface area contributed by atoms with E-state index in [9.17, 15) is 18.4 Å². The molecule has 1 amide bonds. The lowest BCUT2D eigenvalue weighted by Gasteiger charge is -2.28. The van der Waals surface area contributed by atoms with Crippen LogP contribution < -0.4 is 5.32 Å². The molecule has 0 aromatic heterocycles. The number of aliphatic carboxylic acids is 1. The van der Waals surface area contributed by atoms with Crippen LogP contribution in [-0.4, -0.2) is 23.5 Å². The minimum Gasteiger partial charge on any atom is -0.481 e. The van der Waals surface area contributed by atoms with Gasteiger partial charge in [-0.05, 0) is 30.9 Å². The van der Waals surface area contributed by atoms with Crippen molar-refractivity contribution in [2.75, 3.05) is 6.54 Å². The maximum absolute atomic E-state index is 13.5. The molecule has 1 aromatic rings. The van der Waals surface area contributed by atoms with Crippen LogP contribution in [0.2, 0.25) is 0 Å². The van der Waals surface area contributed by atoms with Crippen molar-refractivity contribution < 1.29 is 23.5 Å². The zero-order chi connectivity index (χ0) is 15.4. The molecule has 1 aliphatic rings. The lowest BCUT2D eigenvalue weighted by Crippen LogP contribution is -2.37. The van der Waals surface area contributed by atoms with Gasteiger partial charge in [0.2, 0.25) is 0 Å². The lowest BCUT2D eigenvalue weighted by molar-refractivity contribution is -0.144. The number of carboxylic acids is 1. The van der Waals surface area contributed by atoms with E-state index in [1.54, 1.807) is 0 Å². The highest BCUT2D eigenvalue weighted by molar-refractivity contribution is 5.94. The molecule has 0 aliphatic heterocycles. The normalized spacial score (nSPS) is 21.8. The number of amides is 1. The van der Waals surface area contributed by atoms with Crippen LogP contribution in [0.5, 0.6) is 0 Å². The van der Waals surface area contributed by atoms with Crippen molar-refractivity contribution in [3.63, 3.8) is 0 Å². The summed E-state index contributed by atoms with van der Waals surface area (Å²) in [5, 5.41) is 11.7. The van der Waals surface area contributed by atoms with E-state index in [1.807, 2.05) is 0 Å². The van der Waals surface area contributed by atoms with Gasteiger partial charge >= 0.3 is 5.97 Å². The minimum atomic E-state index is -0.925. The second-order valence-corrected chi connectivity index (χ2v) is 5.32. The third kappa shape index (κ3) is 3.77. The second-order valence-electron chi connectivity index (χ2n) is 5.32. The summed E-state index contributed by atoms with van der Waals surface area (Å²) in [6.07, 6.45) is 3.12. The molecular formula is C15H17F2NO3. The number of carbonyl (C=O) groups excluding carboxylic acids is 1. The van der Waals surface area contributed by atoms with E-state index in [2.05, 4.69) is 5.32 Å². The number of hydrogen-bond acceptors (Lipinski definition) is 2. The van der Waals surface area contributed by atoms with Gasteiger partial charge in [-0.25, -0.2) is 8.78 Å². The molecule has 0 spiro atoms. The van der Waals surface area contributed by atoms with Gasteiger partial charge in [-0.3, -0.25) is 9.59 Å². The maximum Gasteiger partial charge on any atom is 0.306 e. The predicted octanol–water partition coefficient (Wildman–Crippen LogP) is 2.59. The third-order valence-corrected chi connectivity index (χ3v) is 3.93. The number of carbonyl (C=O) groups is 2. The summed E-state index contributed by atoms with van der Waals surface area (Å²) in [5.41, 5.74) is -0.237. The number of halogens is 2. The van der Waals surface area contributed by atoms with E-state index < -0.39 is 29.4 Å². The van der Waals surface area contributed by atoms with Gasteiger partial charge in [-0.1, -0.05) is 12.8 Å². The van der Waals surface area contributed by atoms with Crippen LogP contribution in [-0.2, 0) is 4.79 Å². The molecule has 2 rings (SSSR count). The summed E-state index contributed by atoms with van der Waals surface area (Å²) >= 11 is 0. The van der Waals surface area contributed by atoms with Crippen LogP contribution in [0.15, 0.2) is 18.2 Å². The van der Waals surface area contributed by atoms with Gasteiger partial charge in [0.15, 0.2) is 0 Å². The van der Waals surface area contributed by atoms with Crippen LogP contribution in [0.3, 0.4) is 0 Å². The molecule has 0 bridgehead atoms. The molecule has 0 heterocycles. The molecule has 2 N–H and O–H groups in total. The monoisotopic (exact) mass is 297 g/mol. The standard InChI is InChI=1S/C15H17F2NO3/c16-10-5-6-12(13(17)7-10)14(19)18-8-9-3-1-2-4-11(9)15(20)21/h5-7,9,11H,1-4,8H2,(H,18,19)(H,20,21). The van der Waals surface area contributed by atoms with Crippen molar-refractivity contribution in [3.05, 3.63) is 35.4 Å². The quantitative estimate of drug-likeness (QED) is 0.897. The first-order chi connectivity index (χ1) is 9.99. The molecule has 1 aliphatic carbocycles. The number of hydrogen-bond donors (Lipinski definition) is 2. The summed E-state index contributed by atoms with van der Waals surface area (Å²) in [5.74, 6) is -3.81. The van der Waals surface area contributed by atoms with Crippen molar-refractivity contribution in [1.29, 1.82) is 0 Å². The van der Waals surface area contributed by atoms with Crippen LogP contribution >= 0.6 is 0 Å². The zero-order valence-corrected chi connectivity index (χ0v) is 11.4. The Balaban J connectivity index is 1.98. The van der Waals surface area contributed by atoms with Crippen molar-refractivity contribution >= 4 is 11.9 Å². The van der Waals surface area contributed by atoms with Gasteiger partial charge in [0.1, 0.15) is 11.6 Å². The van der Waals surface area contributed by atoms with Crippen molar-refractivity contribution in [2.24, 2.45) is 11.8 Å². The predicted molar refractivity (Wildman–Crippen MR) is 71.8 cm³/mol. The highest BCUT2D eigenvalue weighted by Gasteiger charge is 2.31. The molecule has 1 aromatic carbocycles. The molecular weight excluding hydrogens is 280 g/mol. The Hall–Kier alpha value is -1.98. The minimum absolute atomic E-state index is 0.149. The first kappa shape index (κ1) is 15.4. The summed E-state index contributed by atoms with van der Waals surface area (Å²) in [4.78, 5) is 23.0. The third-order valence-electron chi connectivity index (χ3n) is 3.93. The van der Waals surface area contributed by atoms with Crippen molar-refractivity contribution in [3.8, 4) is 0 Å². The Labute approximate surface area is 121 Å². The molecule has 2 unspecified atom stereocenters. The molecule has 21 heavy (non-hydrogen) atoms. The Morgan fingerprint density at radius 2 is 1.95 bits per heavy atom. The van der Waals surface area contributed by atoms with Gasteiger partial charge in [0, 0.05) is 12.6 Å². The van der Waals surface area contributed by atoms with Crippen molar-refractivity contribution in [2.45, 2.75) is 25.7 Å². The van der Waals surface area contributed by atoms with Gasteiger partial charge in [-0.2, -0.15) is 0 Å². The number of carboxylic acid groups (broad SMARTS) is 1. The molecule has 6 heteroatoms. The molecule has 1 fully saturated rings. The Kier molecular flexibility index (Phi) is 4.88. The van der Waals surface area contributed by atoms with E-state index in [0.717, 1.165) is 31.4 Å². The summed E-state index contributed by atoms with van der Waals surface area (Å²) in [6, 6.07) is 2.74. The fraction of sp³-hybridized carbons (Fsp3) is 0.467. The Bertz CT molecular complexity index is 548. The molecule has 2 atom stereocenters. The Morgan fingerprint density at radius 3 is 2.62 bits per heavy atom. The fourth-order valence-corrected chi connectivity index (χ4v) is 2.77. The zero-order valence-electron chi connectivity index (χ0n) is 11.4. The van der Waals surface area contributed by atoms with Crippen LogP contribution in [0.1, 0.15) is 36.0 Å². The van der Waals surface area contributed by atoms with E-state index >= 15 is 0 Å². The SMILES string of the molecule is O=C(NCC1CCCCC1C(=O)O)c1ccc(F)cc1F. The first-order valence-electron chi connectivity index (χ1n) is 6.95. The van der Waals surface area contributed by atoms with Gasteiger partial charge < -0.3 is 10.4 Å². The van der Waals surface area contributed by atoms with E-state index in [-0.39, 0.29) is 18.0 Å². The molecule has 1 saturated carbocycles. The molecule has 4 nitrogen and oxygen atoms in total. The largest absolute Gasteiger partial charge is 0.481 e. The van der Waals surface area contributed by atoms with E-state index in [4.69, 9.17) is 5.11 Å². The molecule has 0 radical (unpaired) electrons. The second kappa shape index (κ2) is 6.65. The average molecular weight is 297 g/mol. The number of benzene rings is 1. The van der Waals surface area contributed by atoms with Gasteiger partial charge in [-0.15, -0.1) is 0 Å². The van der Waals surface area contributed by atoms with Crippen LogP contribution in [0, 0.1) is 23.5 Å². The summed E-state index contributed by atoms with van der Waals surface area (Å²) < 4.78 is 26.3. The summed E-state index contributed by atoms with van der Waals surface area (Å²) in [7, 11) is 0. The maximum atomic E-state index is 13.5. The fourth-order valence-electron chi connectivity index (χ4n) is 2.77. The van der Waals surface area contributed by atoms with Crippen molar-refractivity contribution in [1.82, 2.24) is 5.32 Å². The highest BCUT2D eigenvalue weighted by atomic mass is 19.1. The first-order valence-corrected chi connectivity index (χ1v) is 6.95. The van der Waals surface area contributed by atoms with E-state index in [1.165, 1.54) is 0 Å². The van der Waals surface area contributed by atoms with E-state index in [0.29, 0.717) is 12.5 Å². The topological polar surface area (TPSA) is 66.4 Å². The summed E-state index contributed by atoms with van der Waals surface area (Å²) in [6.45, 7) is 0.187. The smallest absolute Gasteiger partial charge is 0.306 e. The van der Waals surface area contributed by atoms with Crippen LogP contribution in [0.4, 0.5) is 8.78 Å². The molecule has 114 valence electrons. The number of nitrogens with one attached hydrogen (secondary N) is 1.